The van der Waals surface area contributed by atoms with Gasteiger partial charge in [0.1, 0.15) is 11.5 Å². The van der Waals surface area contributed by atoms with Crippen molar-refractivity contribution in [1.29, 1.82) is 0 Å². The third-order valence-electron chi connectivity index (χ3n) is 3.16. The van der Waals surface area contributed by atoms with Crippen LogP contribution in [0.25, 0.3) is 10.9 Å². The second-order valence-corrected chi connectivity index (χ2v) is 5.12. The Morgan fingerprint density at radius 2 is 2.00 bits per heavy atom. The molecular formula is C15H11ClN4O2. The van der Waals surface area contributed by atoms with Gasteiger partial charge in [-0.2, -0.15) is 5.10 Å². The summed E-state index contributed by atoms with van der Waals surface area (Å²) < 4.78 is 0. The molecule has 0 aliphatic carbocycles. The van der Waals surface area contributed by atoms with E-state index in [-0.39, 0.29) is 11.3 Å². The molecule has 0 aliphatic heterocycles. The van der Waals surface area contributed by atoms with Crippen molar-refractivity contribution in [1.82, 2.24) is 15.2 Å². The van der Waals surface area contributed by atoms with Gasteiger partial charge in [0.25, 0.3) is 11.5 Å². The lowest BCUT2D eigenvalue weighted by molar-refractivity contribution is 0.102. The lowest BCUT2D eigenvalue weighted by Gasteiger charge is -2.07. The van der Waals surface area contributed by atoms with Gasteiger partial charge < -0.3 is 5.32 Å². The molecule has 6 nitrogen and oxygen atoms in total. The Morgan fingerprint density at radius 1 is 1.18 bits per heavy atom. The average Bonchev–Trinajstić information content (AvgIpc) is 2.52. The predicted molar refractivity (Wildman–Crippen MR) is 84.3 cm³/mol. The van der Waals surface area contributed by atoms with Crippen molar-refractivity contribution in [2.75, 3.05) is 5.32 Å². The first-order valence-electron chi connectivity index (χ1n) is 6.47. The minimum atomic E-state index is -0.456. The van der Waals surface area contributed by atoms with E-state index in [1.807, 2.05) is 19.1 Å². The van der Waals surface area contributed by atoms with Crippen LogP contribution < -0.4 is 10.9 Å². The molecule has 3 rings (SSSR count). The number of aromatic nitrogens is 3. The minimum Gasteiger partial charge on any atom is -0.305 e. The zero-order valence-electron chi connectivity index (χ0n) is 11.6. The van der Waals surface area contributed by atoms with Gasteiger partial charge in [-0.3, -0.25) is 9.59 Å². The Morgan fingerprint density at radius 3 is 2.73 bits per heavy atom. The first-order chi connectivity index (χ1) is 10.5. The van der Waals surface area contributed by atoms with Crippen LogP contribution in [-0.2, 0) is 0 Å². The highest BCUT2D eigenvalue weighted by Crippen LogP contribution is 2.26. The lowest BCUT2D eigenvalue weighted by Crippen LogP contribution is -2.18. The van der Waals surface area contributed by atoms with E-state index in [1.54, 1.807) is 12.1 Å². The number of benzene rings is 1. The Hall–Kier alpha value is -2.73. The summed E-state index contributed by atoms with van der Waals surface area (Å²) >= 11 is 6.13. The molecule has 0 spiro atoms. The summed E-state index contributed by atoms with van der Waals surface area (Å²) in [6.45, 7) is 1.92. The molecule has 0 saturated carbocycles. The maximum Gasteiger partial charge on any atom is 0.277 e. The van der Waals surface area contributed by atoms with Crippen molar-refractivity contribution in [3.63, 3.8) is 0 Å². The number of nitrogens with one attached hydrogen (secondary N) is 2. The summed E-state index contributed by atoms with van der Waals surface area (Å²) in [5.74, 6) is -0.0707. The molecule has 1 amide bonds. The Kier molecular flexibility index (Phi) is 3.60. The second kappa shape index (κ2) is 5.57. The van der Waals surface area contributed by atoms with Gasteiger partial charge in [-0.15, -0.1) is 0 Å². The van der Waals surface area contributed by atoms with Crippen LogP contribution in [-0.4, -0.2) is 21.1 Å². The highest BCUT2D eigenvalue weighted by Gasteiger charge is 2.10. The number of pyridine rings is 1. The number of nitrogens with zero attached hydrogens (tertiary/aromatic N) is 2. The van der Waals surface area contributed by atoms with Gasteiger partial charge >= 0.3 is 0 Å². The van der Waals surface area contributed by atoms with Crippen LogP contribution >= 0.6 is 11.6 Å². The Balaban J connectivity index is 1.94. The summed E-state index contributed by atoms with van der Waals surface area (Å²) in [5.41, 5.74) is 1.41. The van der Waals surface area contributed by atoms with E-state index in [2.05, 4.69) is 20.5 Å². The first kappa shape index (κ1) is 14.2. The Labute approximate surface area is 130 Å². The van der Waals surface area contributed by atoms with Gasteiger partial charge in [-0.05, 0) is 36.8 Å². The van der Waals surface area contributed by atoms with Gasteiger partial charge in [-0.1, -0.05) is 17.7 Å². The second-order valence-electron chi connectivity index (χ2n) is 4.72. The molecule has 2 heterocycles. The summed E-state index contributed by atoms with van der Waals surface area (Å²) in [6.07, 6.45) is 0. The number of H-pyrrole nitrogens is 1. The maximum atomic E-state index is 12.1. The van der Waals surface area contributed by atoms with E-state index in [9.17, 15) is 9.59 Å². The van der Waals surface area contributed by atoms with E-state index in [4.69, 9.17) is 11.6 Å². The van der Waals surface area contributed by atoms with E-state index >= 15 is 0 Å². The van der Waals surface area contributed by atoms with E-state index in [0.717, 1.165) is 16.5 Å². The molecular weight excluding hydrogens is 304 g/mol. The third kappa shape index (κ3) is 2.68. The van der Waals surface area contributed by atoms with Gasteiger partial charge in [0.05, 0.1) is 5.52 Å². The summed E-state index contributed by atoms with van der Waals surface area (Å²) in [7, 11) is 0. The number of rotatable bonds is 2. The fraction of sp³-hybridized carbons (Fsp3) is 0.0667. The van der Waals surface area contributed by atoms with Crippen LogP contribution in [0, 0.1) is 6.92 Å². The van der Waals surface area contributed by atoms with Crippen molar-refractivity contribution >= 4 is 34.2 Å². The molecule has 0 radical (unpaired) electrons. The van der Waals surface area contributed by atoms with Crippen LogP contribution in [0.15, 0.2) is 41.2 Å². The molecule has 0 fully saturated rings. The normalized spacial score (nSPS) is 10.6. The Bertz CT molecular complexity index is 916. The van der Waals surface area contributed by atoms with Gasteiger partial charge in [0, 0.05) is 16.5 Å². The molecule has 2 aromatic heterocycles. The summed E-state index contributed by atoms with van der Waals surface area (Å²) in [6, 6.07) is 9.72. The first-order valence-corrected chi connectivity index (χ1v) is 6.85. The van der Waals surface area contributed by atoms with E-state index in [0.29, 0.717) is 10.8 Å². The average molecular weight is 315 g/mol. The number of carbonyl (C=O) groups excluding carboxylic acids is 1. The highest BCUT2D eigenvalue weighted by atomic mass is 35.5. The van der Waals surface area contributed by atoms with Gasteiger partial charge in [-0.25, -0.2) is 10.1 Å². The fourth-order valence-corrected chi connectivity index (χ4v) is 2.26. The molecule has 0 unspecified atom stereocenters. The zero-order chi connectivity index (χ0) is 15.7. The van der Waals surface area contributed by atoms with Crippen LogP contribution in [0.5, 0.6) is 0 Å². The van der Waals surface area contributed by atoms with E-state index < -0.39 is 5.91 Å². The zero-order valence-corrected chi connectivity index (χ0v) is 12.3. The van der Waals surface area contributed by atoms with Crippen molar-refractivity contribution in [2.24, 2.45) is 0 Å². The largest absolute Gasteiger partial charge is 0.305 e. The predicted octanol–water partition coefficient (Wildman–Crippen LogP) is 2.53. The minimum absolute atomic E-state index is 0.101. The quantitative estimate of drug-likeness (QED) is 0.761. The molecule has 0 bridgehead atoms. The van der Waals surface area contributed by atoms with Crippen molar-refractivity contribution in [3.8, 4) is 0 Å². The van der Waals surface area contributed by atoms with Crippen molar-refractivity contribution in [3.05, 3.63) is 63.0 Å². The van der Waals surface area contributed by atoms with Gasteiger partial charge in [0.15, 0.2) is 0 Å². The number of aryl methyl sites for hydroxylation is 1. The number of hydrogen-bond acceptors (Lipinski definition) is 4. The van der Waals surface area contributed by atoms with Gasteiger partial charge in [0.2, 0.25) is 0 Å². The van der Waals surface area contributed by atoms with E-state index in [1.165, 1.54) is 12.1 Å². The number of carbonyl (C=O) groups is 1. The third-order valence-corrected chi connectivity index (χ3v) is 3.49. The number of aromatic amines is 1. The number of fused-ring (bicyclic) bond motifs is 1. The maximum absolute atomic E-state index is 12.1. The van der Waals surface area contributed by atoms with Crippen LogP contribution in [0.4, 0.5) is 5.82 Å². The fourth-order valence-electron chi connectivity index (χ4n) is 2.04. The lowest BCUT2D eigenvalue weighted by atomic mass is 10.1. The molecule has 110 valence electrons. The number of amides is 1. The topological polar surface area (TPSA) is 87.7 Å². The monoisotopic (exact) mass is 314 g/mol. The molecule has 3 aromatic rings. The van der Waals surface area contributed by atoms with Crippen LogP contribution in [0.2, 0.25) is 5.02 Å². The molecule has 0 aliphatic rings. The van der Waals surface area contributed by atoms with Crippen LogP contribution in [0.3, 0.4) is 0 Å². The summed E-state index contributed by atoms with van der Waals surface area (Å²) in [4.78, 5) is 27.4. The highest BCUT2D eigenvalue weighted by molar-refractivity contribution is 6.35. The number of anilines is 1. The summed E-state index contributed by atoms with van der Waals surface area (Å²) in [5, 5.41) is 9.94. The molecule has 7 heteroatoms. The van der Waals surface area contributed by atoms with Crippen LogP contribution in [0.1, 0.15) is 16.1 Å². The van der Waals surface area contributed by atoms with Crippen molar-refractivity contribution < 1.29 is 4.79 Å². The number of halogens is 1. The molecule has 2 N–H and O–H groups in total. The smallest absolute Gasteiger partial charge is 0.277 e. The SMILES string of the molecule is Cc1ccc(Cl)c2ccc(NC(=O)c3ccc(=O)[nH]n3)nc12. The molecule has 0 saturated heterocycles. The standard InChI is InChI=1S/C15H11ClN4O2/c1-8-2-4-10(16)9-3-6-12(17-14(8)9)18-15(22)11-5-7-13(21)20-19-11/h2-7H,1H3,(H,20,21)(H,17,18,22). The molecule has 22 heavy (non-hydrogen) atoms. The molecule has 0 atom stereocenters. The molecule has 1 aromatic carbocycles. The number of hydrogen-bond donors (Lipinski definition) is 2. The van der Waals surface area contributed by atoms with Crippen molar-refractivity contribution in [2.45, 2.75) is 6.92 Å².